The van der Waals surface area contributed by atoms with Gasteiger partial charge < -0.3 is 38.5 Å². The van der Waals surface area contributed by atoms with Gasteiger partial charge in [0.15, 0.2) is 11.2 Å². The van der Waals surface area contributed by atoms with Crippen LogP contribution in [0.1, 0.15) is 64.2 Å². The molecular weight excluding hydrogens is 799 g/mol. The number of nitrogens with zero attached hydrogens (tertiary/aromatic N) is 10. The number of pyridine rings is 4. The lowest BCUT2D eigenvalue weighted by Crippen LogP contribution is -2.46. The van der Waals surface area contributed by atoms with E-state index in [0.29, 0.717) is 22.8 Å². The zero-order valence-electron chi connectivity index (χ0n) is 32.9. The molecule has 0 radical (unpaired) electrons. The fourth-order valence-corrected chi connectivity index (χ4v) is 8.82. The molecule has 10 rings (SSSR count). The number of fused-ring (bicyclic) bond motifs is 2. The second kappa shape index (κ2) is 19.5. The van der Waals surface area contributed by atoms with E-state index in [0.717, 1.165) is 71.0 Å². The van der Waals surface area contributed by atoms with Crippen molar-refractivity contribution in [2.75, 3.05) is 62.2 Å². The smallest absolute Gasteiger partial charge is 0.423 e. The summed E-state index contributed by atoms with van der Waals surface area (Å²) in [7, 11) is -1.38. The molecule has 2 N–H and O–H groups in total. The maximum Gasteiger partial charge on any atom is 0.488 e. The number of hydrogen-bond acceptors (Lipinski definition) is 14. The summed E-state index contributed by atoms with van der Waals surface area (Å²) in [5, 5.41) is 17.1. The fourth-order valence-electron chi connectivity index (χ4n) is 8.51. The number of aromatic nitrogens is 6. The lowest BCUT2D eigenvalue weighted by Gasteiger charge is -2.39. The number of likely N-dealkylation sites (tertiary alicyclic amines) is 2. The van der Waals surface area contributed by atoms with Crippen molar-refractivity contribution in [1.29, 1.82) is 0 Å². The van der Waals surface area contributed by atoms with Gasteiger partial charge in [-0.25, -0.2) is 9.97 Å². The Bertz CT molecular complexity index is 2170. The van der Waals surface area contributed by atoms with Crippen molar-refractivity contribution in [3.05, 3.63) is 78.1 Å². The van der Waals surface area contributed by atoms with Gasteiger partial charge in [-0.2, -0.15) is 9.97 Å². The molecule has 16 heteroatoms. The van der Waals surface area contributed by atoms with Crippen LogP contribution < -0.4 is 15.3 Å². The standard InChI is InChI=1S/C21H25N5O.C16H21BrN4O.C5H6BNO2/c1-2-10-25(11-3-1)18-6-12-26(13-7-18)21-24-20-19(27-21)14-17(15-23-20)16-4-8-22-9-5-16;17-12-10-14-15(18-11-12)19-16(22-14)21-8-4-13(5-9-21)20-6-2-1-3-7-20;8-6(9)5-1-3-7-4-2-5/h4-5,8-9,14-15,18H,1-3,6-7,10-13H2;10-11,13H,1-9H2;1-4,8-9H. The number of anilines is 2. The Kier molecular flexibility index (Phi) is 13.6. The van der Waals surface area contributed by atoms with E-state index in [1.54, 1.807) is 30.7 Å². The van der Waals surface area contributed by atoms with Crippen LogP contribution in [0.2, 0.25) is 0 Å². The van der Waals surface area contributed by atoms with Crippen LogP contribution in [-0.4, -0.2) is 121 Å². The van der Waals surface area contributed by atoms with E-state index in [4.69, 9.17) is 18.9 Å². The SMILES string of the molecule is Brc1cnc2nc(N3CCC(N4CCCCC4)CC3)oc2c1.OB(O)c1ccncc1.c1cc(-c2cnc3nc(N4CCC(N5CCCCC5)CC4)oc3c2)ccn1. The fraction of sp³-hybridized carbons (Fsp3) is 0.476. The highest BCUT2D eigenvalue weighted by atomic mass is 79.9. The van der Waals surface area contributed by atoms with Crippen LogP contribution in [0.4, 0.5) is 12.0 Å². The lowest BCUT2D eigenvalue weighted by molar-refractivity contribution is 0.140. The van der Waals surface area contributed by atoms with E-state index in [-0.39, 0.29) is 0 Å². The Morgan fingerprint density at radius 2 is 1.03 bits per heavy atom. The van der Waals surface area contributed by atoms with E-state index in [1.807, 2.05) is 30.5 Å². The lowest BCUT2D eigenvalue weighted by atomic mass is 9.81. The normalized spacial score (nSPS) is 18.7. The molecule has 0 aromatic carbocycles. The first kappa shape index (κ1) is 40.3. The topological polar surface area (TPSA) is 157 Å². The molecule has 0 amide bonds. The van der Waals surface area contributed by atoms with Crippen molar-refractivity contribution in [3.63, 3.8) is 0 Å². The van der Waals surface area contributed by atoms with Crippen molar-refractivity contribution >= 4 is 63.0 Å². The first-order valence-corrected chi connectivity index (χ1v) is 21.6. The molecule has 4 saturated heterocycles. The van der Waals surface area contributed by atoms with Crippen LogP contribution >= 0.6 is 15.9 Å². The minimum Gasteiger partial charge on any atom is -0.423 e. The quantitative estimate of drug-likeness (QED) is 0.190. The Balaban J connectivity index is 0.000000136. The highest BCUT2D eigenvalue weighted by Crippen LogP contribution is 2.30. The molecule has 0 aliphatic carbocycles. The molecule has 4 fully saturated rings. The zero-order chi connectivity index (χ0) is 39.7. The molecule has 10 heterocycles. The number of hydrogen-bond donors (Lipinski definition) is 2. The molecule has 6 aromatic heterocycles. The van der Waals surface area contributed by atoms with Gasteiger partial charge >= 0.3 is 7.12 Å². The largest absolute Gasteiger partial charge is 0.488 e. The Morgan fingerprint density at radius 1 is 0.569 bits per heavy atom. The van der Waals surface area contributed by atoms with Crippen LogP contribution in [0.15, 0.2) is 86.9 Å². The summed E-state index contributed by atoms with van der Waals surface area (Å²) in [6.07, 6.45) is 23.2. The second-order valence-electron chi connectivity index (χ2n) is 15.5. The number of halogens is 1. The number of rotatable bonds is 6. The molecule has 0 spiro atoms. The van der Waals surface area contributed by atoms with Crippen LogP contribution in [0.25, 0.3) is 33.6 Å². The van der Waals surface area contributed by atoms with Crippen molar-refractivity contribution < 1.29 is 18.9 Å². The van der Waals surface area contributed by atoms with Crippen LogP contribution in [0, 0.1) is 0 Å². The van der Waals surface area contributed by atoms with E-state index in [1.165, 1.54) is 103 Å². The van der Waals surface area contributed by atoms with Crippen LogP contribution in [0.3, 0.4) is 0 Å². The van der Waals surface area contributed by atoms with Gasteiger partial charge in [0, 0.05) is 91.5 Å². The van der Waals surface area contributed by atoms with E-state index >= 15 is 0 Å². The maximum atomic E-state index is 8.55. The van der Waals surface area contributed by atoms with Crippen molar-refractivity contribution in [3.8, 4) is 11.1 Å². The van der Waals surface area contributed by atoms with Gasteiger partial charge in [0.2, 0.25) is 11.3 Å². The summed E-state index contributed by atoms with van der Waals surface area (Å²) in [5.41, 5.74) is 5.44. The molecule has 0 bridgehead atoms. The Labute approximate surface area is 348 Å². The zero-order valence-corrected chi connectivity index (χ0v) is 34.5. The summed E-state index contributed by atoms with van der Waals surface area (Å²) in [6, 6.07) is 13.9. The predicted molar refractivity (Wildman–Crippen MR) is 230 cm³/mol. The van der Waals surface area contributed by atoms with Gasteiger partial charge in [0.25, 0.3) is 12.0 Å². The minimum absolute atomic E-state index is 0.463. The molecule has 14 nitrogen and oxygen atoms in total. The van der Waals surface area contributed by atoms with Crippen molar-refractivity contribution in [1.82, 2.24) is 39.7 Å². The highest BCUT2D eigenvalue weighted by Gasteiger charge is 2.29. The van der Waals surface area contributed by atoms with E-state index in [9.17, 15) is 0 Å². The molecule has 58 heavy (non-hydrogen) atoms. The van der Waals surface area contributed by atoms with E-state index < -0.39 is 7.12 Å². The molecular formula is C42H52BBrN10O4. The molecule has 0 atom stereocenters. The third kappa shape index (κ3) is 10.2. The second-order valence-corrected chi connectivity index (χ2v) is 16.4. The van der Waals surface area contributed by atoms with Crippen molar-refractivity contribution in [2.24, 2.45) is 0 Å². The number of oxazole rings is 2. The van der Waals surface area contributed by atoms with Gasteiger partial charge in [-0.15, -0.1) is 0 Å². The van der Waals surface area contributed by atoms with Gasteiger partial charge in [-0.3, -0.25) is 9.97 Å². The average molecular weight is 852 g/mol. The maximum absolute atomic E-state index is 8.55. The van der Waals surface area contributed by atoms with Gasteiger partial charge in [-0.1, -0.05) is 12.8 Å². The summed E-state index contributed by atoms with van der Waals surface area (Å²) < 4.78 is 12.9. The Hall–Kier alpha value is -4.48. The minimum atomic E-state index is -1.38. The van der Waals surface area contributed by atoms with Crippen LogP contribution in [0.5, 0.6) is 0 Å². The molecule has 6 aromatic rings. The average Bonchev–Trinajstić information content (AvgIpc) is 3.92. The van der Waals surface area contributed by atoms with Crippen LogP contribution in [-0.2, 0) is 0 Å². The summed E-state index contributed by atoms with van der Waals surface area (Å²) in [6.45, 7) is 9.17. The molecule has 304 valence electrons. The molecule has 0 saturated carbocycles. The third-order valence-corrected chi connectivity index (χ3v) is 12.2. The van der Waals surface area contributed by atoms with Gasteiger partial charge in [-0.05, 0) is 135 Å². The first-order chi connectivity index (χ1) is 28.5. The molecule has 4 aliphatic rings. The van der Waals surface area contributed by atoms with E-state index in [2.05, 4.69) is 65.4 Å². The third-order valence-electron chi connectivity index (χ3n) is 11.7. The van der Waals surface area contributed by atoms with Gasteiger partial charge in [0.1, 0.15) is 0 Å². The summed E-state index contributed by atoms with van der Waals surface area (Å²) in [4.78, 5) is 35.6. The summed E-state index contributed by atoms with van der Waals surface area (Å²) >= 11 is 3.42. The molecule has 4 aliphatic heterocycles. The number of piperidine rings is 4. The Morgan fingerprint density at radius 3 is 1.52 bits per heavy atom. The van der Waals surface area contributed by atoms with Crippen molar-refractivity contribution in [2.45, 2.75) is 76.3 Å². The first-order valence-electron chi connectivity index (χ1n) is 20.8. The summed E-state index contributed by atoms with van der Waals surface area (Å²) in [5.74, 6) is 0. The van der Waals surface area contributed by atoms with Gasteiger partial charge in [0.05, 0.1) is 0 Å². The highest BCUT2D eigenvalue weighted by molar-refractivity contribution is 9.10. The predicted octanol–water partition coefficient (Wildman–Crippen LogP) is 5.94. The monoisotopic (exact) mass is 850 g/mol. The molecule has 0 unspecified atom stereocenters.